The molecule has 3 rings (SSSR count). The molecule has 0 saturated heterocycles. The number of benzene rings is 2. The number of rotatable bonds is 5. The van der Waals surface area contributed by atoms with E-state index in [1.165, 1.54) is 37.7 Å². The summed E-state index contributed by atoms with van der Waals surface area (Å²) in [6, 6.07) is 10.8. The molecule has 0 aliphatic heterocycles. The maximum atomic E-state index is 12.5. The Morgan fingerprint density at radius 2 is 1.82 bits per heavy atom. The monoisotopic (exact) mass is 420 g/mol. The van der Waals surface area contributed by atoms with Gasteiger partial charge in [0.05, 0.1) is 14.2 Å². The van der Waals surface area contributed by atoms with E-state index in [0.717, 1.165) is 16.2 Å². The molecule has 0 atom stereocenters. The number of ether oxygens (including phenoxy) is 2. The first-order chi connectivity index (χ1) is 13.2. The molecule has 3 aromatic rings. The fourth-order valence-corrected chi connectivity index (χ4v) is 4.25. The van der Waals surface area contributed by atoms with Gasteiger partial charge in [-0.05, 0) is 47.9 Å². The third-order valence-corrected chi connectivity index (χ3v) is 5.92. The Kier molecular flexibility index (Phi) is 5.36. The summed E-state index contributed by atoms with van der Waals surface area (Å²) in [6.07, 6.45) is 0. The first-order valence-electron chi connectivity index (χ1n) is 7.87. The number of hydrogen-bond donors (Lipinski definition) is 2. The van der Waals surface area contributed by atoms with E-state index in [2.05, 4.69) is 5.32 Å². The summed E-state index contributed by atoms with van der Waals surface area (Å²) < 4.78 is 34.0. The van der Waals surface area contributed by atoms with Gasteiger partial charge in [-0.15, -0.1) is 11.3 Å². The first-order valence-corrected chi connectivity index (χ1v) is 10.2. The summed E-state index contributed by atoms with van der Waals surface area (Å²) in [5.74, 6) is -0.898. The lowest BCUT2D eigenvalue weighted by molar-refractivity contribution is 0.0606. The number of methoxy groups -OCH3 is 2. The number of primary sulfonamides is 1. The second kappa shape index (κ2) is 7.58. The molecule has 1 heterocycles. The highest BCUT2D eigenvalue weighted by Crippen LogP contribution is 2.29. The van der Waals surface area contributed by atoms with Crippen LogP contribution < -0.4 is 15.2 Å². The normalized spacial score (nSPS) is 11.2. The van der Waals surface area contributed by atoms with Crippen LogP contribution in [0, 0.1) is 0 Å². The molecule has 146 valence electrons. The number of esters is 1. The molecular weight excluding hydrogens is 404 g/mol. The molecule has 10 heteroatoms. The minimum atomic E-state index is -4.06. The largest absolute Gasteiger partial charge is 0.495 e. The number of nitrogens with one attached hydrogen (secondary N) is 1. The molecule has 3 N–H and O–H groups in total. The van der Waals surface area contributed by atoms with E-state index < -0.39 is 21.9 Å². The van der Waals surface area contributed by atoms with E-state index in [9.17, 15) is 18.0 Å². The highest BCUT2D eigenvalue weighted by molar-refractivity contribution is 7.89. The maximum absolute atomic E-state index is 12.5. The molecule has 28 heavy (non-hydrogen) atoms. The summed E-state index contributed by atoms with van der Waals surface area (Å²) >= 11 is 1.28. The number of anilines is 1. The van der Waals surface area contributed by atoms with Gasteiger partial charge in [0.1, 0.15) is 15.5 Å². The highest BCUT2D eigenvalue weighted by atomic mass is 32.2. The third kappa shape index (κ3) is 3.98. The van der Waals surface area contributed by atoms with Crippen LogP contribution in [0.4, 0.5) is 5.69 Å². The van der Waals surface area contributed by atoms with Crippen molar-refractivity contribution in [3.63, 3.8) is 0 Å². The third-order valence-electron chi connectivity index (χ3n) is 3.89. The van der Waals surface area contributed by atoms with Gasteiger partial charge in [-0.1, -0.05) is 0 Å². The van der Waals surface area contributed by atoms with E-state index in [1.807, 2.05) is 0 Å². The van der Waals surface area contributed by atoms with Crippen molar-refractivity contribution in [2.24, 2.45) is 5.14 Å². The summed E-state index contributed by atoms with van der Waals surface area (Å²) in [4.78, 5) is 24.3. The predicted molar refractivity (Wildman–Crippen MR) is 105 cm³/mol. The van der Waals surface area contributed by atoms with E-state index in [1.54, 1.807) is 24.3 Å². The molecule has 2 aromatic carbocycles. The highest BCUT2D eigenvalue weighted by Gasteiger charge is 2.18. The molecule has 0 spiro atoms. The SMILES string of the molecule is COC(=O)c1cc2cc(NC(=O)c3ccc(OC)c(S(N)(=O)=O)c3)ccc2s1. The molecule has 1 aromatic heterocycles. The molecule has 0 aliphatic carbocycles. The van der Waals surface area contributed by atoms with Crippen LogP contribution in [-0.2, 0) is 14.8 Å². The van der Waals surface area contributed by atoms with Crippen molar-refractivity contribution in [1.29, 1.82) is 0 Å². The molecule has 0 radical (unpaired) electrons. The summed E-state index contributed by atoms with van der Waals surface area (Å²) in [6.45, 7) is 0. The van der Waals surface area contributed by atoms with Crippen molar-refractivity contribution in [1.82, 2.24) is 0 Å². The van der Waals surface area contributed by atoms with Crippen LogP contribution in [0.25, 0.3) is 10.1 Å². The number of amides is 1. The van der Waals surface area contributed by atoms with Crippen molar-refractivity contribution >= 4 is 49.0 Å². The quantitative estimate of drug-likeness (QED) is 0.611. The van der Waals surface area contributed by atoms with Gasteiger partial charge in [0.15, 0.2) is 0 Å². The van der Waals surface area contributed by atoms with Crippen LogP contribution in [0.3, 0.4) is 0 Å². The van der Waals surface area contributed by atoms with Crippen LogP contribution in [0.1, 0.15) is 20.0 Å². The number of carbonyl (C=O) groups is 2. The molecule has 8 nitrogen and oxygen atoms in total. The van der Waals surface area contributed by atoms with Crippen LogP contribution in [-0.4, -0.2) is 34.5 Å². The lowest BCUT2D eigenvalue weighted by atomic mass is 10.2. The van der Waals surface area contributed by atoms with Crippen LogP contribution in [0.2, 0.25) is 0 Å². The molecule has 0 bridgehead atoms. The van der Waals surface area contributed by atoms with Gasteiger partial charge in [-0.25, -0.2) is 18.4 Å². The number of hydrogen-bond acceptors (Lipinski definition) is 7. The summed E-state index contributed by atoms with van der Waals surface area (Å²) in [7, 11) is -1.44. The van der Waals surface area contributed by atoms with Crippen molar-refractivity contribution in [2.45, 2.75) is 4.90 Å². The molecular formula is C18H16N2O6S2. The lowest BCUT2D eigenvalue weighted by Crippen LogP contribution is -2.16. The topological polar surface area (TPSA) is 125 Å². The van der Waals surface area contributed by atoms with Crippen LogP contribution in [0.15, 0.2) is 47.4 Å². The Bertz CT molecular complexity index is 1180. The number of sulfonamides is 1. The van der Waals surface area contributed by atoms with Crippen molar-refractivity contribution in [3.05, 3.63) is 52.9 Å². The number of nitrogens with two attached hydrogens (primary N) is 1. The van der Waals surface area contributed by atoms with Gasteiger partial charge in [0, 0.05) is 16.0 Å². The van der Waals surface area contributed by atoms with E-state index in [4.69, 9.17) is 14.6 Å². The van der Waals surface area contributed by atoms with Gasteiger partial charge >= 0.3 is 5.97 Å². The van der Waals surface area contributed by atoms with Crippen LogP contribution >= 0.6 is 11.3 Å². The second-order valence-electron chi connectivity index (χ2n) is 5.72. The van der Waals surface area contributed by atoms with Gasteiger partial charge in [0.25, 0.3) is 5.91 Å². The Balaban J connectivity index is 1.89. The first kappa shape index (κ1) is 19.8. The van der Waals surface area contributed by atoms with Gasteiger partial charge in [0.2, 0.25) is 10.0 Å². The van der Waals surface area contributed by atoms with Gasteiger partial charge < -0.3 is 14.8 Å². The second-order valence-corrected chi connectivity index (χ2v) is 8.33. The number of fused-ring (bicyclic) bond motifs is 1. The molecule has 0 aliphatic rings. The molecule has 1 amide bonds. The average molecular weight is 420 g/mol. The fourth-order valence-electron chi connectivity index (χ4n) is 2.57. The van der Waals surface area contributed by atoms with Crippen molar-refractivity contribution < 1.29 is 27.5 Å². The van der Waals surface area contributed by atoms with Crippen molar-refractivity contribution in [3.8, 4) is 5.75 Å². The summed E-state index contributed by atoms with van der Waals surface area (Å²) in [5, 5.41) is 8.64. The van der Waals surface area contributed by atoms with Crippen molar-refractivity contribution in [2.75, 3.05) is 19.5 Å². The Hall–Kier alpha value is -2.95. The lowest BCUT2D eigenvalue weighted by Gasteiger charge is -2.10. The zero-order chi connectivity index (χ0) is 20.5. The zero-order valence-corrected chi connectivity index (χ0v) is 16.5. The minimum absolute atomic E-state index is 0.0501. The molecule has 0 saturated carbocycles. The molecule has 0 fully saturated rings. The number of carbonyl (C=O) groups excluding carboxylic acids is 2. The standard InChI is InChI=1S/C18H16N2O6S2/c1-25-13-5-3-10(9-16(13)28(19,23)24)17(21)20-12-4-6-14-11(7-12)8-15(27-14)18(22)26-2/h3-9H,1-2H3,(H,20,21)(H2,19,23,24). The maximum Gasteiger partial charge on any atom is 0.348 e. The van der Waals surface area contributed by atoms with E-state index >= 15 is 0 Å². The fraction of sp³-hybridized carbons (Fsp3) is 0.111. The average Bonchev–Trinajstić information content (AvgIpc) is 3.09. The molecule has 0 unspecified atom stereocenters. The number of thiophene rings is 1. The van der Waals surface area contributed by atoms with Crippen LogP contribution in [0.5, 0.6) is 5.75 Å². The Morgan fingerprint density at radius 1 is 1.07 bits per heavy atom. The zero-order valence-electron chi connectivity index (χ0n) is 14.9. The minimum Gasteiger partial charge on any atom is -0.495 e. The summed E-state index contributed by atoms with van der Waals surface area (Å²) in [5.41, 5.74) is 0.588. The van der Waals surface area contributed by atoms with E-state index in [0.29, 0.717) is 10.6 Å². The van der Waals surface area contributed by atoms with Gasteiger partial charge in [-0.3, -0.25) is 4.79 Å². The Morgan fingerprint density at radius 3 is 2.46 bits per heavy atom. The van der Waals surface area contributed by atoms with E-state index in [-0.39, 0.29) is 16.2 Å². The smallest absolute Gasteiger partial charge is 0.348 e. The Labute approximate surface area is 164 Å². The predicted octanol–water partition coefficient (Wildman–Crippen LogP) is 2.60. The van der Waals surface area contributed by atoms with Gasteiger partial charge in [-0.2, -0.15) is 0 Å².